The molecule has 3 amide bonds. The van der Waals surface area contributed by atoms with Crippen molar-refractivity contribution in [2.45, 2.75) is 26.7 Å². The van der Waals surface area contributed by atoms with Gasteiger partial charge in [0.1, 0.15) is 0 Å². The van der Waals surface area contributed by atoms with E-state index in [1.807, 2.05) is 20.0 Å². The molecule has 23 heavy (non-hydrogen) atoms. The van der Waals surface area contributed by atoms with Gasteiger partial charge >= 0.3 is 6.03 Å². The Morgan fingerprint density at radius 1 is 1.26 bits per heavy atom. The van der Waals surface area contributed by atoms with Gasteiger partial charge in [0, 0.05) is 41.8 Å². The van der Waals surface area contributed by atoms with Crippen molar-refractivity contribution in [2.75, 3.05) is 17.2 Å². The van der Waals surface area contributed by atoms with E-state index in [0.717, 1.165) is 9.88 Å². The van der Waals surface area contributed by atoms with E-state index in [1.54, 1.807) is 35.6 Å². The molecule has 122 valence electrons. The monoisotopic (exact) mass is 332 g/mol. The highest BCUT2D eigenvalue weighted by Gasteiger charge is 2.11. The number of anilines is 2. The third-order valence-electron chi connectivity index (χ3n) is 3.07. The van der Waals surface area contributed by atoms with Gasteiger partial charge in [0.05, 0.1) is 5.01 Å². The number of nitrogens with zero attached hydrogens (tertiary/aromatic N) is 1. The molecule has 1 atom stereocenters. The Labute approximate surface area is 139 Å². The number of rotatable bonds is 5. The summed E-state index contributed by atoms with van der Waals surface area (Å²) in [5.74, 6) is 0.00401. The fourth-order valence-corrected chi connectivity index (χ4v) is 2.81. The molecule has 0 bridgehead atoms. The molecule has 2 rings (SSSR count). The molecule has 0 fully saturated rings. The van der Waals surface area contributed by atoms with Crippen molar-refractivity contribution in [3.05, 3.63) is 40.3 Å². The van der Waals surface area contributed by atoms with E-state index in [2.05, 4.69) is 20.9 Å². The van der Waals surface area contributed by atoms with Gasteiger partial charge in [-0.2, -0.15) is 0 Å². The second-order valence-electron chi connectivity index (χ2n) is 5.31. The summed E-state index contributed by atoms with van der Waals surface area (Å²) in [6.07, 6.45) is 1.84. The van der Waals surface area contributed by atoms with Gasteiger partial charge in [-0.1, -0.05) is 13.0 Å². The summed E-state index contributed by atoms with van der Waals surface area (Å²) in [6, 6.07) is 6.71. The molecule has 0 saturated heterocycles. The molecule has 0 unspecified atom stereocenters. The largest absolute Gasteiger partial charge is 0.337 e. The maximum Gasteiger partial charge on any atom is 0.319 e. The van der Waals surface area contributed by atoms with Crippen LogP contribution in [0.2, 0.25) is 0 Å². The molecule has 7 heteroatoms. The van der Waals surface area contributed by atoms with Gasteiger partial charge in [-0.25, -0.2) is 9.78 Å². The van der Waals surface area contributed by atoms with Gasteiger partial charge in [-0.05, 0) is 25.1 Å². The zero-order chi connectivity index (χ0) is 16.8. The first kappa shape index (κ1) is 17.0. The smallest absolute Gasteiger partial charge is 0.319 e. The highest BCUT2D eigenvalue weighted by atomic mass is 32.1. The quantitative estimate of drug-likeness (QED) is 0.785. The van der Waals surface area contributed by atoms with Crippen LogP contribution in [0.4, 0.5) is 16.2 Å². The first-order chi connectivity index (χ1) is 10.9. The van der Waals surface area contributed by atoms with E-state index < -0.39 is 0 Å². The Morgan fingerprint density at radius 3 is 2.57 bits per heavy atom. The van der Waals surface area contributed by atoms with Crippen LogP contribution >= 0.6 is 11.3 Å². The zero-order valence-corrected chi connectivity index (χ0v) is 14.2. The van der Waals surface area contributed by atoms with Crippen molar-refractivity contribution in [1.82, 2.24) is 10.3 Å². The summed E-state index contributed by atoms with van der Waals surface area (Å²) in [4.78, 5) is 28.5. The fraction of sp³-hybridized carbons (Fsp3) is 0.312. The van der Waals surface area contributed by atoms with Gasteiger partial charge < -0.3 is 16.0 Å². The van der Waals surface area contributed by atoms with Crippen molar-refractivity contribution in [3.8, 4) is 0 Å². The van der Waals surface area contributed by atoms with Crippen LogP contribution in [0.1, 0.15) is 29.7 Å². The summed E-state index contributed by atoms with van der Waals surface area (Å²) in [7, 11) is 0. The number of hydrogen-bond donors (Lipinski definition) is 3. The molecule has 0 aliphatic carbocycles. The molecule has 0 aliphatic heterocycles. The van der Waals surface area contributed by atoms with Gasteiger partial charge in [0.2, 0.25) is 5.91 Å². The lowest BCUT2D eigenvalue weighted by Crippen LogP contribution is -2.31. The molecule has 0 aliphatic rings. The molecule has 1 aromatic heterocycles. The molecule has 0 saturated carbocycles. The summed E-state index contributed by atoms with van der Waals surface area (Å²) in [5.41, 5.74) is 1.26. The predicted octanol–water partition coefficient (Wildman–Crippen LogP) is 3.34. The van der Waals surface area contributed by atoms with Gasteiger partial charge in [-0.15, -0.1) is 11.3 Å². The summed E-state index contributed by atoms with van der Waals surface area (Å²) >= 11 is 1.64. The number of benzene rings is 1. The standard InChI is InChI=1S/C16H20N4O2S/c1-10(15-17-9-11(2)23-15)8-18-16(22)20-14-6-4-5-13(7-14)19-12(3)21/h4-7,9-10H,8H2,1-3H3,(H,19,21)(H2,18,20,22)/t10-/m1/s1. The first-order valence-corrected chi connectivity index (χ1v) is 8.10. The minimum Gasteiger partial charge on any atom is -0.337 e. The van der Waals surface area contributed by atoms with E-state index in [1.165, 1.54) is 6.92 Å². The third-order valence-corrected chi connectivity index (χ3v) is 4.21. The van der Waals surface area contributed by atoms with Crippen LogP contribution in [-0.4, -0.2) is 23.5 Å². The van der Waals surface area contributed by atoms with Crippen molar-refractivity contribution in [2.24, 2.45) is 0 Å². The van der Waals surface area contributed by atoms with E-state index in [-0.39, 0.29) is 17.9 Å². The minimum absolute atomic E-state index is 0.154. The molecule has 3 N–H and O–H groups in total. The Kier molecular flexibility index (Phi) is 5.70. The molecular formula is C16H20N4O2S. The Bertz CT molecular complexity index is 699. The SMILES string of the molecule is CC(=O)Nc1cccc(NC(=O)NC[C@@H](C)c2ncc(C)s2)c1. The van der Waals surface area contributed by atoms with Crippen LogP contribution in [-0.2, 0) is 4.79 Å². The molecule has 1 aromatic carbocycles. The van der Waals surface area contributed by atoms with Crippen LogP contribution in [0.3, 0.4) is 0 Å². The van der Waals surface area contributed by atoms with E-state index in [0.29, 0.717) is 17.9 Å². The Morgan fingerprint density at radius 2 is 1.96 bits per heavy atom. The van der Waals surface area contributed by atoms with E-state index in [9.17, 15) is 9.59 Å². The van der Waals surface area contributed by atoms with Crippen molar-refractivity contribution >= 4 is 34.6 Å². The number of nitrogens with one attached hydrogen (secondary N) is 3. The van der Waals surface area contributed by atoms with E-state index in [4.69, 9.17) is 0 Å². The third kappa shape index (κ3) is 5.37. The van der Waals surface area contributed by atoms with Gasteiger partial charge in [0.25, 0.3) is 0 Å². The van der Waals surface area contributed by atoms with Crippen LogP contribution in [0.25, 0.3) is 0 Å². The number of thiazole rings is 1. The lowest BCUT2D eigenvalue weighted by atomic mass is 10.2. The maximum atomic E-state index is 12.0. The number of carbonyl (C=O) groups excluding carboxylic acids is 2. The maximum absolute atomic E-state index is 12.0. The number of urea groups is 1. The van der Waals surface area contributed by atoms with Crippen LogP contribution in [0, 0.1) is 6.92 Å². The van der Waals surface area contributed by atoms with E-state index >= 15 is 0 Å². The molecule has 1 heterocycles. The van der Waals surface area contributed by atoms with Gasteiger partial charge in [0.15, 0.2) is 0 Å². The number of amides is 3. The predicted molar refractivity (Wildman–Crippen MR) is 93.0 cm³/mol. The summed E-state index contributed by atoms with van der Waals surface area (Å²) in [5, 5.41) is 9.26. The zero-order valence-electron chi connectivity index (χ0n) is 13.3. The summed E-state index contributed by atoms with van der Waals surface area (Å²) in [6.45, 7) is 5.98. The topological polar surface area (TPSA) is 83.1 Å². The van der Waals surface area contributed by atoms with Crippen molar-refractivity contribution in [3.63, 3.8) is 0 Å². The Balaban J connectivity index is 1.86. The lowest BCUT2D eigenvalue weighted by molar-refractivity contribution is -0.114. The average Bonchev–Trinajstić information content (AvgIpc) is 2.91. The van der Waals surface area contributed by atoms with Crippen LogP contribution in [0.15, 0.2) is 30.5 Å². The number of hydrogen-bond acceptors (Lipinski definition) is 4. The Hall–Kier alpha value is -2.41. The van der Waals surface area contributed by atoms with Crippen LogP contribution < -0.4 is 16.0 Å². The second kappa shape index (κ2) is 7.73. The fourth-order valence-electron chi connectivity index (χ4n) is 1.99. The highest BCUT2D eigenvalue weighted by molar-refractivity contribution is 7.11. The van der Waals surface area contributed by atoms with Crippen LogP contribution in [0.5, 0.6) is 0 Å². The molecular weight excluding hydrogens is 312 g/mol. The van der Waals surface area contributed by atoms with Crippen molar-refractivity contribution < 1.29 is 9.59 Å². The van der Waals surface area contributed by atoms with Gasteiger partial charge in [-0.3, -0.25) is 4.79 Å². The number of aromatic nitrogens is 1. The minimum atomic E-state index is -0.287. The second-order valence-corrected chi connectivity index (χ2v) is 6.57. The number of aryl methyl sites for hydroxylation is 1. The lowest BCUT2D eigenvalue weighted by Gasteiger charge is -2.12. The highest BCUT2D eigenvalue weighted by Crippen LogP contribution is 2.20. The molecule has 6 nitrogen and oxygen atoms in total. The normalized spacial score (nSPS) is 11.6. The molecule has 0 radical (unpaired) electrons. The number of carbonyl (C=O) groups is 2. The molecule has 2 aromatic rings. The first-order valence-electron chi connectivity index (χ1n) is 7.29. The molecule has 0 spiro atoms. The summed E-state index contributed by atoms with van der Waals surface area (Å²) < 4.78 is 0. The van der Waals surface area contributed by atoms with Crippen molar-refractivity contribution in [1.29, 1.82) is 0 Å². The average molecular weight is 332 g/mol.